The Morgan fingerprint density at radius 1 is 1.16 bits per heavy atom. The molecule has 6 nitrogen and oxygen atoms in total. The standard InChI is InChI=1S/C25H35N5O/c1-19-5-3-4-6-22(19)17-30-13-10-23(11-14-30)29-25(26-2)28-16-21-9-12-27-24(15-21)31-18-20-7-8-20/h3-6,9,12,15,20,23H,7-8,10-11,13-14,16-18H2,1-2H3,(H2,26,28,29). The lowest BCUT2D eigenvalue weighted by Crippen LogP contribution is -2.48. The lowest BCUT2D eigenvalue weighted by atomic mass is 10.0. The normalized spacial score (nSPS) is 18.1. The van der Waals surface area contributed by atoms with Crippen molar-refractivity contribution in [2.75, 3.05) is 26.7 Å². The third-order valence-electron chi connectivity index (χ3n) is 6.23. The smallest absolute Gasteiger partial charge is 0.213 e. The molecular weight excluding hydrogens is 386 g/mol. The van der Waals surface area contributed by atoms with Gasteiger partial charge in [-0.2, -0.15) is 0 Å². The fourth-order valence-corrected chi connectivity index (χ4v) is 3.96. The van der Waals surface area contributed by atoms with E-state index in [1.165, 1.54) is 24.0 Å². The molecule has 31 heavy (non-hydrogen) atoms. The van der Waals surface area contributed by atoms with Crippen LogP contribution in [0, 0.1) is 12.8 Å². The summed E-state index contributed by atoms with van der Waals surface area (Å²) in [5, 5.41) is 7.04. The number of rotatable bonds is 8. The van der Waals surface area contributed by atoms with Crippen LogP contribution in [0.2, 0.25) is 0 Å². The maximum absolute atomic E-state index is 5.80. The van der Waals surface area contributed by atoms with Gasteiger partial charge in [0.2, 0.25) is 5.88 Å². The van der Waals surface area contributed by atoms with Crippen molar-refractivity contribution in [2.24, 2.45) is 10.9 Å². The number of aryl methyl sites for hydroxylation is 1. The fourth-order valence-electron chi connectivity index (χ4n) is 3.96. The number of guanidine groups is 1. The van der Waals surface area contributed by atoms with E-state index >= 15 is 0 Å². The van der Waals surface area contributed by atoms with Gasteiger partial charge in [0.1, 0.15) is 0 Å². The molecule has 0 spiro atoms. The van der Waals surface area contributed by atoms with Crippen LogP contribution in [0.15, 0.2) is 47.6 Å². The summed E-state index contributed by atoms with van der Waals surface area (Å²) in [6.07, 6.45) is 6.64. The molecule has 2 fully saturated rings. The second kappa shape index (κ2) is 10.6. The first-order valence-corrected chi connectivity index (χ1v) is 11.5. The number of nitrogens with zero attached hydrogens (tertiary/aromatic N) is 3. The van der Waals surface area contributed by atoms with E-state index in [0.717, 1.165) is 62.4 Å². The van der Waals surface area contributed by atoms with Crippen LogP contribution in [0.3, 0.4) is 0 Å². The van der Waals surface area contributed by atoms with E-state index < -0.39 is 0 Å². The molecule has 0 amide bonds. The van der Waals surface area contributed by atoms with Gasteiger partial charge < -0.3 is 15.4 Å². The minimum Gasteiger partial charge on any atom is -0.477 e. The number of aromatic nitrogens is 1. The van der Waals surface area contributed by atoms with Crippen LogP contribution >= 0.6 is 0 Å². The maximum atomic E-state index is 5.80. The lowest BCUT2D eigenvalue weighted by Gasteiger charge is -2.33. The highest BCUT2D eigenvalue weighted by Gasteiger charge is 2.22. The quantitative estimate of drug-likeness (QED) is 0.505. The van der Waals surface area contributed by atoms with Crippen molar-refractivity contribution >= 4 is 5.96 Å². The summed E-state index contributed by atoms with van der Waals surface area (Å²) < 4.78 is 5.80. The van der Waals surface area contributed by atoms with Crippen LogP contribution < -0.4 is 15.4 Å². The Kier molecular flexibility index (Phi) is 7.41. The average Bonchev–Trinajstić information content (AvgIpc) is 3.63. The third-order valence-corrected chi connectivity index (χ3v) is 6.23. The molecular formula is C25H35N5O. The highest BCUT2D eigenvalue weighted by molar-refractivity contribution is 5.79. The molecule has 2 N–H and O–H groups in total. The van der Waals surface area contributed by atoms with Gasteiger partial charge in [0.25, 0.3) is 0 Å². The molecule has 2 aliphatic rings. The minimum atomic E-state index is 0.453. The Hall–Kier alpha value is -2.60. The summed E-state index contributed by atoms with van der Waals surface area (Å²) in [5.74, 6) is 2.31. The molecule has 4 rings (SSSR count). The maximum Gasteiger partial charge on any atom is 0.213 e. The molecule has 2 heterocycles. The van der Waals surface area contributed by atoms with Gasteiger partial charge in [-0.3, -0.25) is 9.89 Å². The first-order valence-electron chi connectivity index (χ1n) is 11.5. The van der Waals surface area contributed by atoms with Crippen molar-refractivity contribution < 1.29 is 4.74 Å². The zero-order chi connectivity index (χ0) is 21.5. The van der Waals surface area contributed by atoms with E-state index in [1.807, 2.05) is 25.4 Å². The molecule has 0 bridgehead atoms. The van der Waals surface area contributed by atoms with Crippen LogP contribution in [-0.4, -0.2) is 48.6 Å². The van der Waals surface area contributed by atoms with E-state index in [-0.39, 0.29) is 0 Å². The number of piperidine rings is 1. The summed E-state index contributed by atoms with van der Waals surface area (Å²) in [7, 11) is 1.83. The SMILES string of the molecule is CN=C(NCc1ccnc(OCC2CC2)c1)NC1CCN(Cc2ccccc2C)CC1. The summed E-state index contributed by atoms with van der Waals surface area (Å²) >= 11 is 0. The van der Waals surface area contributed by atoms with Gasteiger partial charge in [-0.05, 0) is 61.3 Å². The summed E-state index contributed by atoms with van der Waals surface area (Å²) in [6.45, 7) is 6.94. The van der Waals surface area contributed by atoms with Gasteiger partial charge in [0.05, 0.1) is 6.61 Å². The van der Waals surface area contributed by atoms with E-state index in [1.54, 1.807) is 0 Å². The molecule has 166 valence electrons. The van der Waals surface area contributed by atoms with Crippen molar-refractivity contribution in [3.05, 3.63) is 59.3 Å². The van der Waals surface area contributed by atoms with Gasteiger partial charge in [-0.25, -0.2) is 4.98 Å². The predicted octanol–water partition coefficient (Wildman–Crippen LogP) is 3.51. The Labute approximate surface area is 186 Å². The van der Waals surface area contributed by atoms with E-state index in [0.29, 0.717) is 12.6 Å². The van der Waals surface area contributed by atoms with Crippen LogP contribution in [0.1, 0.15) is 42.4 Å². The van der Waals surface area contributed by atoms with Crippen molar-refractivity contribution in [1.82, 2.24) is 20.5 Å². The van der Waals surface area contributed by atoms with Gasteiger partial charge in [0, 0.05) is 51.5 Å². The predicted molar refractivity (Wildman–Crippen MR) is 125 cm³/mol. The van der Waals surface area contributed by atoms with Crippen LogP contribution in [0.5, 0.6) is 5.88 Å². The number of nitrogens with one attached hydrogen (secondary N) is 2. The number of pyridine rings is 1. The van der Waals surface area contributed by atoms with E-state index in [2.05, 4.69) is 56.7 Å². The number of hydrogen-bond acceptors (Lipinski definition) is 4. The largest absolute Gasteiger partial charge is 0.477 e. The van der Waals surface area contributed by atoms with Crippen molar-refractivity contribution in [1.29, 1.82) is 0 Å². The Bertz CT molecular complexity index is 872. The van der Waals surface area contributed by atoms with Gasteiger partial charge >= 0.3 is 0 Å². The summed E-state index contributed by atoms with van der Waals surface area (Å²) in [5.41, 5.74) is 3.96. The topological polar surface area (TPSA) is 61.8 Å². The zero-order valence-corrected chi connectivity index (χ0v) is 18.8. The third kappa shape index (κ3) is 6.69. The molecule has 2 aromatic rings. The fraction of sp³-hybridized carbons (Fsp3) is 0.520. The Balaban J connectivity index is 1.20. The second-order valence-corrected chi connectivity index (χ2v) is 8.80. The van der Waals surface area contributed by atoms with Crippen molar-refractivity contribution in [3.63, 3.8) is 0 Å². The molecule has 0 atom stereocenters. The molecule has 1 aliphatic carbocycles. The van der Waals surface area contributed by atoms with Crippen LogP contribution in [0.4, 0.5) is 0 Å². The van der Waals surface area contributed by atoms with E-state index in [4.69, 9.17) is 4.74 Å². The number of ether oxygens (including phenoxy) is 1. The van der Waals surface area contributed by atoms with Crippen LogP contribution in [0.25, 0.3) is 0 Å². The Morgan fingerprint density at radius 2 is 1.97 bits per heavy atom. The molecule has 1 saturated carbocycles. The first kappa shape index (κ1) is 21.6. The minimum absolute atomic E-state index is 0.453. The number of likely N-dealkylation sites (tertiary alicyclic amines) is 1. The molecule has 1 aromatic carbocycles. The highest BCUT2D eigenvalue weighted by Crippen LogP contribution is 2.29. The van der Waals surface area contributed by atoms with Gasteiger partial charge in [0.15, 0.2) is 5.96 Å². The zero-order valence-electron chi connectivity index (χ0n) is 18.8. The van der Waals surface area contributed by atoms with Crippen molar-refractivity contribution in [3.8, 4) is 5.88 Å². The van der Waals surface area contributed by atoms with Gasteiger partial charge in [-0.1, -0.05) is 24.3 Å². The highest BCUT2D eigenvalue weighted by atomic mass is 16.5. The lowest BCUT2D eigenvalue weighted by molar-refractivity contribution is 0.198. The molecule has 1 aliphatic heterocycles. The first-order chi connectivity index (χ1) is 15.2. The van der Waals surface area contributed by atoms with Crippen molar-refractivity contribution in [2.45, 2.75) is 51.7 Å². The molecule has 6 heteroatoms. The second-order valence-electron chi connectivity index (χ2n) is 8.80. The number of hydrogen-bond donors (Lipinski definition) is 2. The van der Waals surface area contributed by atoms with Gasteiger partial charge in [-0.15, -0.1) is 0 Å². The molecule has 1 saturated heterocycles. The Morgan fingerprint density at radius 3 is 2.71 bits per heavy atom. The molecule has 0 radical (unpaired) electrons. The summed E-state index contributed by atoms with van der Waals surface area (Å²) in [4.78, 5) is 11.3. The average molecular weight is 422 g/mol. The molecule has 1 aromatic heterocycles. The molecule has 0 unspecified atom stereocenters. The van der Waals surface area contributed by atoms with Crippen LogP contribution in [-0.2, 0) is 13.1 Å². The van der Waals surface area contributed by atoms with E-state index in [9.17, 15) is 0 Å². The monoisotopic (exact) mass is 421 g/mol. The number of aliphatic imine (C=N–C) groups is 1. The summed E-state index contributed by atoms with van der Waals surface area (Å²) in [6, 6.07) is 13.2. The number of benzene rings is 1.